The Hall–Kier alpha value is -1.74. The van der Waals surface area contributed by atoms with Crippen molar-refractivity contribution < 1.29 is 8.78 Å². The summed E-state index contributed by atoms with van der Waals surface area (Å²) in [5.41, 5.74) is 3.45. The summed E-state index contributed by atoms with van der Waals surface area (Å²) in [4.78, 5) is 2.53. The van der Waals surface area contributed by atoms with Crippen molar-refractivity contribution in [2.24, 2.45) is 0 Å². The fourth-order valence-electron chi connectivity index (χ4n) is 4.58. The van der Waals surface area contributed by atoms with Gasteiger partial charge >= 0.3 is 0 Å². The van der Waals surface area contributed by atoms with Crippen LogP contribution in [-0.4, -0.2) is 36.4 Å². The van der Waals surface area contributed by atoms with Crippen LogP contribution in [0.1, 0.15) is 62.1 Å². The summed E-state index contributed by atoms with van der Waals surface area (Å²) in [5, 5.41) is 0. The molecule has 1 saturated carbocycles. The molecule has 158 valence electrons. The van der Waals surface area contributed by atoms with Crippen LogP contribution >= 0.6 is 0 Å². The molecule has 1 aliphatic carbocycles. The number of rotatable bonds is 9. The van der Waals surface area contributed by atoms with Crippen molar-refractivity contribution in [3.63, 3.8) is 0 Å². The molecule has 0 saturated heterocycles. The van der Waals surface area contributed by atoms with Crippen LogP contribution in [0.2, 0.25) is 0 Å². The number of likely N-dealkylation sites (N-methyl/N-ethyl adjacent to an activating group) is 1. The highest BCUT2D eigenvalue weighted by atomic mass is 19.1. The van der Waals surface area contributed by atoms with Gasteiger partial charge in [-0.1, -0.05) is 61.5 Å². The van der Waals surface area contributed by atoms with Crippen molar-refractivity contribution in [1.29, 1.82) is 0 Å². The minimum atomic E-state index is -1.05. The van der Waals surface area contributed by atoms with E-state index in [4.69, 9.17) is 0 Å². The van der Waals surface area contributed by atoms with Crippen molar-refractivity contribution >= 4 is 0 Å². The molecule has 0 amide bonds. The maximum atomic E-state index is 14.2. The lowest BCUT2D eigenvalue weighted by molar-refractivity contribution is 0.124. The zero-order valence-electron chi connectivity index (χ0n) is 17.9. The van der Waals surface area contributed by atoms with Gasteiger partial charge in [-0.2, -0.15) is 0 Å². The molecular formula is C26H35F2N. The molecule has 2 aromatic carbocycles. The third kappa shape index (κ3) is 6.12. The monoisotopic (exact) mass is 399 g/mol. The van der Waals surface area contributed by atoms with E-state index in [2.05, 4.69) is 61.2 Å². The smallest absolute Gasteiger partial charge is 0.110 e. The molecule has 0 N–H and O–H groups in total. The van der Waals surface area contributed by atoms with Gasteiger partial charge in [0.15, 0.2) is 0 Å². The molecule has 0 heterocycles. The third-order valence-electron chi connectivity index (χ3n) is 6.51. The lowest BCUT2D eigenvalue weighted by atomic mass is 9.81. The average Bonchev–Trinajstić information content (AvgIpc) is 2.74. The lowest BCUT2D eigenvalue weighted by Crippen LogP contribution is -2.35. The normalized spacial score (nSPS) is 23.3. The van der Waals surface area contributed by atoms with E-state index in [9.17, 15) is 8.78 Å². The van der Waals surface area contributed by atoms with Gasteiger partial charge < -0.3 is 4.90 Å². The minimum Gasteiger partial charge on any atom is -0.301 e. The Bertz CT molecular complexity index is 705. The predicted molar refractivity (Wildman–Crippen MR) is 118 cm³/mol. The summed E-state index contributed by atoms with van der Waals surface area (Å²) >= 11 is 0. The number of hydrogen-bond donors (Lipinski definition) is 0. The topological polar surface area (TPSA) is 3.24 Å². The summed E-state index contributed by atoms with van der Waals surface area (Å²) < 4.78 is 28.4. The Morgan fingerprint density at radius 2 is 1.52 bits per heavy atom. The predicted octanol–water partition coefficient (Wildman–Crippen LogP) is 6.52. The third-order valence-corrected chi connectivity index (χ3v) is 6.51. The van der Waals surface area contributed by atoms with Crippen LogP contribution in [0.25, 0.3) is 0 Å². The summed E-state index contributed by atoms with van der Waals surface area (Å²) in [5.74, 6) is -0.578. The van der Waals surface area contributed by atoms with E-state index in [1.165, 1.54) is 11.1 Å². The molecule has 0 spiro atoms. The highest BCUT2D eigenvalue weighted by Gasteiger charge is 2.34. The molecule has 29 heavy (non-hydrogen) atoms. The summed E-state index contributed by atoms with van der Waals surface area (Å²) in [6, 6.07) is 19.2. The second-order valence-electron chi connectivity index (χ2n) is 8.48. The number of nitrogens with zero attached hydrogens (tertiary/aromatic N) is 1. The highest BCUT2D eigenvalue weighted by molar-refractivity contribution is 5.28. The number of aryl methyl sites for hydroxylation is 1. The maximum Gasteiger partial charge on any atom is 0.110 e. The second kappa shape index (κ2) is 10.9. The number of halogens is 2. The quantitative estimate of drug-likeness (QED) is 0.464. The molecule has 1 aliphatic rings. The van der Waals surface area contributed by atoms with Crippen molar-refractivity contribution in [1.82, 2.24) is 4.90 Å². The van der Waals surface area contributed by atoms with Crippen LogP contribution in [0.5, 0.6) is 0 Å². The molecule has 1 fully saturated rings. The molecule has 0 aliphatic heterocycles. The van der Waals surface area contributed by atoms with Crippen molar-refractivity contribution in [2.45, 2.75) is 76.7 Å². The molecule has 0 aromatic heterocycles. The van der Waals surface area contributed by atoms with Crippen LogP contribution in [0, 0.1) is 0 Å². The molecule has 3 unspecified atom stereocenters. The van der Waals surface area contributed by atoms with Gasteiger partial charge in [0, 0.05) is 18.5 Å². The van der Waals surface area contributed by atoms with E-state index in [1.54, 1.807) is 0 Å². The Labute approximate surface area is 175 Å². The molecule has 3 rings (SSSR count). The summed E-state index contributed by atoms with van der Waals surface area (Å²) in [7, 11) is 0. The number of benzene rings is 2. The molecule has 0 bridgehead atoms. The molecule has 3 atom stereocenters. The van der Waals surface area contributed by atoms with Gasteiger partial charge in [0.2, 0.25) is 0 Å². The van der Waals surface area contributed by atoms with Gasteiger partial charge in [0.25, 0.3) is 0 Å². The van der Waals surface area contributed by atoms with Gasteiger partial charge in [0.05, 0.1) is 0 Å². The number of alkyl halides is 2. The zero-order chi connectivity index (χ0) is 20.6. The van der Waals surface area contributed by atoms with E-state index >= 15 is 0 Å². The molecular weight excluding hydrogens is 364 g/mol. The first kappa shape index (κ1) is 22.0. The zero-order valence-corrected chi connectivity index (χ0v) is 17.9. The molecule has 0 radical (unpaired) electrons. The Balaban J connectivity index is 1.50. The largest absolute Gasteiger partial charge is 0.301 e. The lowest BCUT2D eigenvalue weighted by Gasteiger charge is -2.30. The molecule has 1 nitrogen and oxygen atoms in total. The Morgan fingerprint density at radius 3 is 2.14 bits per heavy atom. The first-order valence-corrected chi connectivity index (χ1v) is 11.2. The van der Waals surface area contributed by atoms with Crippen LogP contribution in [0.15, 0.2) is 54.6 Å². The average molecular weight is 400 g/mol. The standard InChI is InChI=1S/C26H35F2N/c1-3-29(19-18-21-8-5-4-6-9-21)20(2)12-13-22-14-16-23(17-15-22)26-24(27)10-7-11-25(26)28/h4-6,8-9,14-17,20,24-26H,3,7,10-13,18-19H2,1-2H3. The van der Waals surface area contributed by atoms with Crippen molar-refractivity contribution in [3.05, 3.63) is 71.3 Å². The minimum absolute atomic E-state index is 0.486. The van der Waals surface area contributed by atoms with Gasteiger partial charge in [-0.15, -0.1) is 0 Å². The molecule has 3 heteroatoms. The maximum absolute atomic E-state index is 14.2. The van der Waals surface area contributed by atoms with Gasteiger partial charge in [-0.05, 0) is 68.7 Å². The van der Waals surface area contributed by atoms with Gasteiger partial charge in [0.1, 0.15) is 12.3 Å². The summed E-state index contributed by atoms with van der Waals surface area (Å²) in [6.45, 7) is 6.63. The first-order chi connectivity index (χ1) is 14.1. The van der Waals surface area contributed by atoms with E-state index in [0.29, 0.717) is 25.3 Å². The van der Waals surface area contributed by atoms with E-state index in [1.807, 2.05) is 12.1 Å². The van der Waals surface area contributed by atoms with Gasteiger partial charge in [-0.25, -0.2) is 8.78 Å². The SMILES string of the molecule is CCN(CCc1ccccc1)C(C)CCc1ccc(C2C(F)CCCC2F)cc1. The van der Waals surface area contributed by atoms with Crippen LogP contribution in [-0.2, 0) is 12.8 Å². The summed E-state index contributed by atoms with van der Waals surface area (Å²) in [6.07, 6.45) is 2.69. The number of hydrogen-bond acceptors (Lipinski definition) is 1. The Morgan fingerprint density at radius 1 is 0.897 bits per heavy atom. The van der Waals surface area contributed by atoms with Crippen molar-refractivity contribution in [3.8, 4) is 0 Å². The van der Waals surface area contributed by atoms with Crippen LogP contribution in [0.4, 0.5) is 8.78 Å². The van der Waals surface area contributed by atoms with E-state index in [0.717, 1.165) is 37.9 Å². The van der Waals surface area contributed by atoms with Crippen LogP contribution in [0.3, 0.4) is 0 Å². The highest BCUT2D eigenvalue weighted by Crippen LogP contribution is 2.37. The van der Waals surface area contributed by atoms with Gasteiger partial charge in [-0.3, -0.25) is 0 Å². The van der Waals surface area contributed by atoms with E-state index in [-0.39, 0.29) is 0 Å². The Kier molecular flexibility index (Phi) is 8.23. The molecule has 2 aromatic rings. The van der Waals surface area contributed by atoms with Crippen molar-refractivity contribution in [2.75, 3.05) is 13.1 Å². The fraction of sp³-hybridized carbons (Fsp3) is 0.538. The van der Waals surface area contributed by atoms with E-state index < -0.39 is 18.3 Å². The second-order valence-corrected chi connectivity index (χ2v) is 8.48. The first-order valence-electron chi connectivity index (χ1n) is 11.2. The fourth-order valence-corrected chi connectivity index (χ4v) is 4.58. The van der Waals surface area contributed by atoms with Crippen LogP contribution < -0.4 is 0 Å².